The standard InChI is InChI=1S/C15H10F5N/c1-9-2-3-14(21-8-9)10-6-12(16)11(13(17)7-10)4-5-15(18,19)20/h2-8H,1H3/b5-4+. The largest absolute Gasteiger partial charge is 0.409 e. The molecular formula is C15H10F5N. The van der Waals surface area contributed by atoms with Gasteiger partial charge in [-0.3, -0.25) is 4.98 Å². The summed E-state index contributed by atoms with van der Waals surface area (Å²) in [4.78, 5) is 4.01. The Morgan fingerprint density at radius 1 is 1.05 bits per heavy atom. The molecule has 0 radical (unpaired) electrons. The van der Waals surface area contributed by atoms with E-state index in [2.05, 4.69) is 4.98 Å². The van der Waals surface area contributed by atoms with Gasteiger partial charge in [-0.25, -0.2) is 8.78 Å². The van der Waals surface area contributed by atoms with Crippen LogP contribution in [0.15, 0.2) is 36.5 Å². The molecule has 0 saturated carbocycles. The van der Waals surface area contributed by atoms with Crippen LogP contribution in [0.25, 0.3) is 17.3 Å². The first-order chi connectivity index (χ1) is 9.76. The van der Waals surface area contributed by atoms with Gasteiger partial charge in [-0.2, -0.15) is 13.2 Å². The normalized spacial score (nSPS) is 12.1. The average Bonchev–Trinajstić information content (AvgIpc) is 2.37. The number of nitrogens with zero attached hydrogens (tertiary/aromatic N) is 1. The van der Waals surface area contributed by atoms with Crippen molar-refractivity contribution >= 4 is 6.08 Å². The molecule has 1 heterocycles. The van der Waals surface area contributed by atoms with Crippen molar-refractivity contribution in [2.24, 2.45) is 0 Å². The zero-order valence-corrected chi connectivity index (χ0v) is 10.9. The number of aromatic nitrogens is 1. The Labute approximate surface area is 117 Å². The van der Waals surface area contributed by atoms with E-state index in [1.165, 1.54) is 6.20 Å². The molecule has 0 aliphatic carbocycles. The van der Waals surface area contributed by atoms with Gasteiger partial charge in [-0.15, -0.1) is 0 Å². The van der Waals surface area contributed by atoms with Crippen molar-refractivity contribution in [2.45, 2.75) is 13.1 Å². The van der Waals surface area contributed by atoms with Gasteiger partial charge in [-0.1, -0.05) is 6.07 Å². The van der Waals surface area contributed by atoms with E-state index in [1.54, 1.807) is 12.1 Å². The van der Waals surface area contributed by atoms with E-state index >= 15 is 0 Å². The van der Waals surface area contributed by atoms with Crippen LogP contribution in [0.2, 0.25) is 0 Å². The molecule has 1 nitrogen and oxygen atoms in total. The molecule has 2 rings (SSSR count). The summed E-state index contributed by atoms with van der Waals surface area (Å²) in [7, 11) is 0. The lowest BCUT2D eigenvalue weighted by atomic mass is 10.1. The van der Waals surface area contributed by atoms with Gasteiger partial charge >= 0.3 is 6.18 Å². The van der Waals surface area contributed by atoms with E-state index in [1.807, 2.05) is 6.92 Å². The Bertz CT molecular complexity index is 648. The number of pyridine rings is 1. The highest BCUT2D eigenvalue weighted by Gasteiger charge is 2.23. The van der Waals surface area contributed by atoms with Crippen LogP contribution in [0, 0.1) is 18.6 Å². The van der Waals surface area contributed by atoms with Crippen molar-refractivity contribution < 1.29 is 22.0 Å². The van der Waals surface area contributed by atoms with Crippen LogP contribution in [-0.2, 0) is 0 Å². The van der Waals surface area contributed by atoms with Gasteiger partial charge in [0.2, 0.25) is 0 Å². The van der Waals surface area contributed by atoms with E-state index < -0.39 is 23.4 Å². The van der Waals surface area contributed by atoms with Crippen LogP contribution in [-0.4, -0.2) is 11.2 Å². The molecule has 0 aliphatic rings. The molecule has 0 aliphatic heterocycles. The number of aryl methyl sites for hydroxylation is 1. The summed E-state index contributed by atoms with van der Waals surface area (Å²) in [5, 5.41) is 0. The molecule has 2 aromatic rings. The first-order valence-electron chi connectivity index (χ1n) is 5.94. The molecule has 0 unspecified atom stereocenters. The zero-order chi connectivity index (χ0) is 15.6. The number of allylic oxidation sites excluding steroid dienone is 1. The van der Waals surface area contributed by atoms with Gasteiger partial charge in [-0.05, 0) is 36.8 Å². The Kier molecular flexibility index (Phi) is 4.06. The third-order valence-electron chi connectivity index (χ3n) is 2.73. The summed E-state index contributed by atoms with van der Waals surface area (Å²) in [5.41, 5.74) is 0.645. The molecule has 21 heavy (non-hydrogen) atoms. The molecule has 0 N–H and O–H groups in total. The maximum atomic E-state index is 13.8. The SMILES string of the molecule is Cc1ccc(-c2cc(F)c(/C=C/C(F)(F)F)c(F)c2)nc1. The number of alkyl halides is 3. The van der Waals surface area contributed by atoms with Crippen LogP contribution >= 0.6 is 0 Å². The summed E-state index contributed by atoms with van der Waals surface area (Å²) in [6.45, 7) is 1.81. The number of hydrogen-bond acceptors (Lipinski definition) is 1. The molecular weight excluding hydrogens is 289 g/mol. The van der Waals surface area contributed by atoms with Crippen LogP contribution in [0.4, 0.5) is 22.0 Å². The van der Waals surface area contributed by atoms with Gasteiger partial charge in [0, 0.05) is 23.4 Å². The molecule has 0 bridgehead atoms. The van der Waals surface area contributed by atoms with Gasteiger partial charge < -0.3 is 0 Å². The van der Waals surface area contributed by atoms with Crippen LogP contribution < -0.4 is 0 Å². The summed E-state index contributed by atoms with van der Waals surface area (Å²) in [6, 6.07) is 5.21. The smallest absolute Gasteiger partial charge is 0.256 e. The predicted octanol–water partition coefficient (Wildman–Crippen LogP) is 4.91. The Morgan fingerprint density at radius 2 is 1.67 bits per heavy atom. The number of hydrogen-bond donors (Lipinski definition) is 0. The first-order valence-corrected chi connectivity index (χ1v) is 5.94. The van der Waals surface area contributed by atoms with E-state index in [0.717, 1.165) is 17.7 Å². The maximum absolute atomic E-state index is 13.8. The fourth-order valence-electron chi connectivity index (χ4n) is 1.71. The highest BCUT2D eigenvalue weighted by atomic mass is 19.4. The highest BCUT2D eigenvalue weighted by molar-refractivity contribution is 5.63. The van der Waals surface area contributed by atoms with Crippen molar-refractivity contribution in [3.8, 4) is 11.3 Å². The summed E-state index contributed by atoms with van der Waals surface area (Å²) in [6.07, 6.45) is -2.94. The van der Waals surface area contributed by atoms with Crippen molar-refractivity contribution in [2.75, 3.05) is 0 Å². The second-order valence-corrected chi connectivity index (χ2v) is 4.45. The van der Waals surface area contributed by atoms with Crippen LogP contribution in [0.1, 0.15) is 11.1 Å². The van der Waals surface area contributed by atoms with Crippen LogP contribution in [0.5, 0.6) is 0 Å². The molecule has 1 aromatic carbocycles. The minimum atomic E-state index is -4.63. The monoisotopic (exact) mass is 299 g/mol. The zero-order valence-electron chi connectivity index (χ0n) is 10.9. The van der Waals surface area contributed by atoms with Gasteiger partial charge in [0.05, 0.1) is 5.69 Å². The topological polar surface area (TPSA) is 12.9 Å². The van der Waals surface area contributed by atoms with E-state index in [9.17, 15) is 22.0 Å². The second-order valence-electron chi connectivity index (χ2n) is 4.45. The van der Waals surface area contributed by atoms with E-state index in [4.69, 9.17) is 0 Å². The lowest BCUT2D eigenvalue weighted by Gasteiger charge is -2.06. The second kappa shape index (κ2) is 5.63. The van der Waals surface area contributed by atoms with Gasteiger partial charge in [0.25, 0.3) is 0 Å². The van der Waals surface area contributed by atoms with Crippen molar-refractivity contribution in [1.29, 1.82) is 0 Å². The van der Waals surface area contributed by atoms with E-state index in [0.29, 0.717) is 11.8 Å². The highest BCUT2D eigenvalue weighted by Crippen LogP contribution is 2.26. The Balaban J connectivity index is 2.42. The molecule has 0 spiro atoms. The fourth-order valence-corrected chi connectivity index (χ4v) is 1.71. The van der Waals surface area contributed by atoms with Gasteiger partial charge in [0.15, 0.2) is 0 Å². The predicted molar refractivity (Wildman–Crippen MR) is 69.4 cm³/mol. The average molecular weight is 299 g/mol. The molecule has 0 fully saturated rings. The third kappa shape index (κ3) is 3.87. The first kappa shape index (κ1) is 15.2. The van der Waals surface area contributed by atoms with Crippen molar-refractivity contribution in [1.82, 2.24) is 4.98 Å². The fraction of sp³-hybridized carbons (Fsp3) is 0.133. The minimum Gasteiger partial charge on any atom is -0.256 e. The van der Waals surface area contributed by atoms with Crippen molar-refractivity contribution in [3.05, 3.63) is 59.3 Å². The quantitative estimate of drug-likeness (QED) is 0.718. The number of halogens is 5. The minimum absolute atomic E-state index is 0.161. The summed E-state index contributed by atoms with van der Waals surface area (Å²) >= 11 is 0. The van der Waals surface area contributed by atoms with Gasteiger partial charge in [0.1, 0.15) is 11.6 Å². The molecule has 110 valence electrons. The Hall–Kier alpha value is -2.24. The van der Waals surface area contributed by atoms with E-state index in [-0.39, 0.29) is 11.6 Å². The molecule has 1 aromatic heterocycles. The lowest BCUT2D eigenvalue weighted by molar-refractivity contribution is -0.0790. The Morgan fingerprint density at radius 3 is 2.14 bits per heavy atom. The lowest BCUT2D eigenvalue weighted by Crippen LogP contribution is -2.01. The summed E-state index contributed by atoms with van der Waals surface area (Å²) in [5.74, 6) is -2.15. The number of benzene rings is 1. The molecule has 0 atom stereocenters. The molecule has 6 heteroatoms. The molecule has 0 amide bonds. The summed E-state index contributed by atoms with van der Waals surface area (Å²) < 4.78 is 63.7. The van der Waals surface area contributed by atoms with Crippen molar-refractivity contribution in [3.63, 3.8) is 0 Å². The maximum Gasteiger partial charge on any atom is 0.409 e. The molecule has 0 saturated heterocycles. The third-order valence-corrected chi connectivity index (χ3v) is 2.73. The number of rotatable bonds is 2. The van der Waals surface area contributed by atoms with Crippen LogP contribution in [0.3, 0.4) is 0 Å².